The van der Waals surface area contributed by atoms with Crippen LogP contribution in [0.2, 0.25) is 0 Å². The van der Waals surface area contributed by atoms with Crippen molar-refractivity contribution in [2.24, 2.45) is 10.7 Å². The maximum atomic E-state index is 11.7. The van der Waals surface area contributed by atoms with Crippen molar-refractivity contribution in [2.75, 3.05) is 33.2 Å². The second-order valence-corrected chi connectivity index (χ2v) is 7.28. The molecule has 28 heavy (non-hydrogen) atoms. The lowest BCUT2D eigenvalue weighted by molar-refractivity contribution is -0.129. The number of nitrogens with two attached hydrogens (primary N) is 1. The summed E-state index contributed by atoms with van der Waals surface area (Å²) < 4.78 is 0. The lowest BCUT2D eigenvalue weighted by Gasteiger charge is -2.43. The highest BCUT2D eigenvalue weighted by Gasteiger charge is 2.35. The number of carbonyl (C=O) groups excluding carboxylic acids is 1. The van der Waals surface area contributed by atoms with Crippen LogP contribution >= 0.6 is 24.0 Å². The number of halogens is 1. The van der Waals surface area contributed by atoms with E-state index in [1.165, 1.54) is 5.39 Å². The number of fused-ring (bicyclic) bond motifs is 1. The third-order valence-electron chi connectivity index (χ3n) is 5.35. The summed E-state index contributed by atoms with van der Waals surface area (Å²) in [5.74, 6) is 0.557. The smallest absolute Gasteiger partial charge is 0.237 e. The van der Waals surface area contributed by atoms with Crippen molar-refractivity contribution in [3.8, 4) is 0 Å². The van der Waals surface area contributed by atoms with Crippen LogP contribution in [0.25, 0.3) is 10.8 Å². The zero-order valence-electron chi connectivity index (χ0n) is 16.7. The van der Waals surface area contributed by atoms with Gasteiger partial charge in [-0.25, -0.2) is 0 Å². The Morgan fingerprint density at radius 3 is 2.54 bits per heavy atom. The predicted molar refractivity (Wildman–Crippen MR) is 124 cm³/mol. The Morgan fingerprint density at radius 2 is 1.89 bits per heavy atom. The van der Waals surface area contributed by atoms with Crippen LogP contribution in [-0.4, -0.2) is 65.4 Å². The molecule has 0 spiro atoms. The molecule has 152 valence electrons. The molecule has 3 rings (SSSR count). The second-order valence-electron chi connectivity index (χ2n) is 7.28. The lowest BCUT2D eigenvalue weighted by Crippen LogP contribution is -2.61. The van der Waals surface area contributed by atoms with Crippen molar-refractivity contribution in [1.29, 1.82) is 0 Å². The summed E-state index contributed by atoms with van der Waals surface area (Å²) in [5, 5.41) is 5.76. The van der Waals surface area contributed by atoms with Crippen LogP contribution in [0.5, 0.6) is 0 Å². The van der Waals surface area contributed by atoms with Gasteiger partial charge in [-0.1, -0.05) is 24.3 Å². The molecule has 1 aromatic heterocycles. The summed E-state index contributed by atoms with van der Waals surface area (Å²) in [4.78, 5) is 25.0. The van der Waals surface area contributed by atoms with Gasteiger partial charge in [0.05, 0.1) is 17.8 Å². The summed E-state index contributed by atoms with van der Waals surface area (Å²) in [6.07, 6.45) is 1.84. The van der Waals surface area contributed by atoms with Crippen molar-refractivity contribution in [2.45, 2.75) is 25.9 Å². The van der Waals surface area contributed by atoms with E-state index in [0.717, 1.165) is 43.2 Å². The Balaban J connectivity index is 0.00000280. The average Bonchev–Trinajstić information content (AvgIpc) is 2.69. The first kappa shape index (κ1) is 22.4. The zero-order chi connectivity index (χ0) is 19.4. The van der Waals surface area contributed by atoms with E-state index >= 15 is 0 Å². The number of hydrogen-bond acceptors (Lipinski definition) is 4. The lowest BCUT2D eigenvalue weighted by atomic mass is 10.0. The monoisotopic (exact) mass is 496 g/mol. The molecule has 1 saturated heterocycles. The molecule has 1 aliphatic heterocycles. The summed E-state index contributed by atoms with van der Waals surface area (Å²) in [6, 6.07) is 10.3. The van der Waals surface area contributed by atoms with Crippen LogP contribution in [0.4, 0.5) is 0 Å². The van der Waals surface area contributed by atoms with Gasteiger partial charge >= 0.3 is 0 Å². The Hall–Kier alpha value is -1.94. The number of nitrogens with zero attached hydrogens (tertiary/aromatic N) is 4. The van der Waals surface area contributed by atoms with Gasteiger partial charge in [-0.15, -0.1) is 24.0 Å². The maximum Gasteiger partial charge on any atom is 0.237 e. The first-order valence-electron chi connectivity index (χ1n) is 9.26. The van der Waals surface area contributed by atoms with Crippen LogP contribution in [0.1, 0.15) is 19.5 Å². The molecule has 0 bridgehead atoms. The van der Waals surface area contributed by atoms with E-state index in [4.69, 9.17) is 5.73 Å². The molecule has 3 N–H and O–H groups in total. The molecular weight excluding hydrogens is 467 g/mol. The molecule has 0 saturated carbocycles. The number of piperazine rings is 1. The SMILES string of the molecule is CN=C(NCc1nccc2ccccc12)N1CCN(C(C)(C)C(N)=O)CC1.I. The molecule has 0 atom stereocenters. The van der Waals surface area contributed by atoms with Gasteiger partial charge in [-0.2, -0.15) is 0 Å². The van der Waals surface area contributed by atoms with E-state index in [9.17, 15) is 4.79 Å². The minimum Gasteiger partial charge on any atom is -0.368 e. The predicted octanol–water partition coefficient (Wildman–Crippen LogP) is 1.81. The van der Waals surface area contributed by atoms with Crippen molar-refractivity contribution >= 4 is 46.6 Å². The largest absolute Gasteiger partial charge is 0.368 e. The van der Waals surface area contributed by atoms with Gasteiger partial charge < -0.3 is 16.0 Å². The molecule has 1 aliphatic rings. The number of pyridine rings is 1. The van der Waals surface area contributed by atoms with Crippen molar-refractivity contribution in [3.63, 3.8) is 0 Å². The third kappa shape index (κ3) is 4.72. The van der Waals surface area contributed by atoms with E-state index in [2.05, 4.69) is 37.2 Å². The molecule has 2 heterocycles. The van der Waals surface area contributed by atoms with Gasteiger partial charge in [0.1, 0.15) is 0 Å². The van der Waals surface area contributed by atoms with Crippen molar-refractivity contribution in [1.82, 2.24) is 20.1 Å². The van der Waals surface area contributed by atoms with Crippen molar-refractivity contribution in [3.05, 3.63) is 42.2 Å². The normalized spacial score (nSPS) is 16.0. The van der Waals surface area contributed by atoms with Crippen molar-refractivity contribution < 1.29 is 4.79 Å². The van der Waals surface area contributed by atoms with Crippen LogP contribution in [0.3, 0.4) is 0 Å². The van der Waals surface area contributed by atoms with Crippen LogP contribution in [0, 0.1) is 0 Å². The fraction of sp³-hybridized carbons (Fsp3) is 0.450. The van der Waals surface area contributed by atoms with Gasteiger partial charge in [0.25, 0.3) is 0 Å². The van der Waals surface area contributed by atoms with E-state index in [1.54, 1.807) is 7.05 Å². The topological polar surface area (TPSA) is 86.8 Å². The van der Waals surface area contributed by atoms with Crippen LogP contribution < -0.4 is 11.1 Å². The Kier molecular flexibility index (Phi) is 7.59. The van der Waals surface area contributed by atoms with E-state index in [0.29, 0.717) is 6.54 Å². The zero-order valence-corrected chi connectivity index (χ0v) is 19.0. The van der Waals surface area contributed by atoms with Gasteiger partial charge in [-0.3, -0.25) is 19.7 Å². The van der Waals surface area contributed by atoms with Gasteiger partial charge in [0, 0.05) is 44.8 Å². The summed E-state index contributed by atoms with van der Waals surface area (Å²) >= 11 is 0. The Labute approximate surface area is 183 Å². The summed E-state index contributed by atoms with van der Waals surface area (Å²) in [7, 11) is 1.79. The number of hydrogen-bond donors (Lipinski definition) is 2. The molecule has 1 fully saturated rings. The highest BCUT2D eigenvalue weighted by molar-refractivity contribution is 14.0. The van der Waals surface area contributed by atoms with E-state index in [1.807, 2.05) is 38.2 Å². The number of amides is 1. The first-order valence-corrected chi connectivity index (χ1v) is 9.26. The van der Waals surface area contributed by atoms with Crippen LogP contribution in [0.15, 0.2) is 41.5 Å². The average molecular weight is 496 g/mol. The number of aromatic nitrogens is 1. The molecule has 7 nitrogen and oxygen atoms in total. The summed E-state index contributed by atoms with van der Waals surface area (Å²) in [5.41, 5.74) is 5.92. The highest BCUT2D eigenvalue weighted by Crippen LogP contribution is 2.18. The molecule has 1 amide bonds. The minimum absolute atomic E-state index is 0. The number of benzene rings is 1. The Morgan fingerprint density at radius 1 is 1.21 bits per heavy atom. The minimum atomic E-state index is -0.629. The maximum absolute atomic E-state index is 11.7. The molecule has 0 unspecified atom stereocenters. The third-order valence-corrected chi connectivity index (χ3v) is 5.35. The number of primary amides is 1. The van der Waals surface area contributed by atoms with E-state index in [-0.39, 0.29) is 29.9 Å². The number of aliphatic imine (C=N–C) groups is 1. The molecule has 0 radical (unpaired) electrons. The first-order chi connectivity index (χ1) is 12.9. The molecule has 1 aromatic carbocycles. The fourth-order valence-electron chi connectivity index (χ4n) is 3.45. The van der Waals surface area contributed by atoms with E-state index < -0.39 is 5.54 Å². The van der Waals surface area contributed by atoms with Gasteiger partial charge in [0.2, 0.25) is 5.91 Å². The van der Waals surface area contributed by atoms with Gasteiger partial charge in [-0.05, 0) is 25.3 Å². The standard InChI is InChI=1S/C20H28N6O.HI/c1-20(2,18(21)27)26-12-10-25(11-13-26)19(22-3)24-14-17-16-7-5-4-6-15(16)8-9-23-17;/h4-9H,10-14H2,1-3H3,(H2,21,27)(H,22,24);1H. The van der Waals surface area contributed by atoms with Gasteiger partial charge in [0.15, 0.2) is 5.96 Å². The number of guanidine groups is 1. The fourth-order valence-corrected chi connectivity index (χ4v) is 3.45. The number of rotatable bonds is 4. The molecule has 8 heteroatoms. The van der Waals surface area contributed by atoms with Crippen LogP contribution in [-0.2, 0) is 11.3 Å². The highest BCUT2D eigenvalue weighted by atomic mass is 127. The molecular formula is C20H29IN6O. The Bertz CT molecular complexity index is 840. The quantitative estimate of drug-likeness (QED) is 0.383. The number of nitrogens with one attached hydrogen (secondary N) is 1. The molecule has 0 aliphatic carbocycles. The molecule has 2 aromatic rings. The second kappa shape index (κ2) is 9.51. The summed E-state index contributed by atoms with van der Waals surface area (Å²) in [6.45, 7) is 7.49. The number of carbonyl (C=O) groups is 1.